The molecule has 0 aromatic rings. The molecule has 0 spiro atoms. The van der Waals surface area contributed by atoms with Crippen LogP contribution in [0, 0.1) is 11.3 Å². The average Bonchev–Trinajstić information content (AvgIpc) is 2.34. The minimum absolute atomic E-state index is 0.208. The van der Waals surface area contributed by atoms with Crippen molar-refractivity contribution >= 4 is 5.91 Å². The third kappa shape index (κ3) is 2.33. The van der Waals surface area contributed by atoms with E-state index in [-0.39, 0.29) is 17.4 Å². The van der Waals surface area contributed by atoms with E-state index in [9.17, 15) is 4.79 Å². The number of morpholine rings is 1. The highest BCUT2D eigenvalue weighted by Crippen LogP contribution is 2.46. The summed E-state index contributed by atoms with van der Waals surface area (Å²) in [5, 5.41) is 0. The van der Waals surface area contributed by atoms with Gasteiger partial charge in [-0.1, -0.05) is 13.8 Å². The molecular formula is C13H24N2O2. The highest BCUT2D eigenvalue weighted by Gasteiger charge is 2.49. The summed E-state index contributed by atoms with van der Waals surface area (Å²) in [6.07, 6.45) is 3.09. The van der Waals surface area contributed by atoms with Gasteiger partial charge in [-0.25, -0.2) is 0 Å². The maximum absolute atomic E-state index is 12.5. The quantitative estimate of drug-likeness (QED) is 0.800. The molecule has 2 N–H and O–H groups in total. The largest absolute Gasteiger partial charge is 0.375 e. The Bertz CT molecular complexity index is 287. The molecule has 0 aromatic heterocycles. The van der Waals surface area contributed by atoms with Crippen LogP contribution in [0.5, 0.6) is 0 Å². The summed E-state index contributed by atoms with van der Waals surface area (Å²) in [7, 11) is 0. The molecule has 2 rings (SSSR count). The number of carbonyl (C=O) groups excluding carboxylic acids is 1. The Balaban J connectivity index is 1.99. The van der Waals surface area contributed by atoms with Gasteiger partial charge in [-0.3, -0.25) is 4.79 Å². The molecule has 1 aliphatic carbocycles. The zero-order chi connectivity index (χ0) is 12.5. The van der Waals surface area contributed by atoms with Crippen LogP contribution in [0.15, 0.2) is 0 Å². The molecule has 1 saturated carbocycles. The summed E-state index contributed by atoms with van der Waals surface area (Å²) in [5.74, 6) is 0.908. The number of carbonyl (C=O) groups is 1. The first kappa shape index (κ1) is 12.8. The molecule has 1 atom stereocenters. The number of ether oxygens (including phenoxy) is 1. The molecule has 1 aliphatic heterocycles. The third-order valence-corrected chi connectivity index (χ3v) is 4.20. The molecule has 0 bridgehead atoms. The monoisotopic (exact) mass is 240 g/mol. The Kier molecular flexibility index (Phi) is 3.73. The van der Waals surface area contributed by atoms with Crippen molar-refractivity contribution in [2.75, 3.05) is 26.2 Å². The van der Waals surface area contributed by atoms with Gasteiger partial charge in [0.1, 0.15) is 0 Å². The van der Waals surface area contributed by atoms with Gasteiger partial charge in [-0.15, -0.1) is 0 Å². The lowest BCUT2D eigenvalue weighted by molar-refractivity contribution is -0.157. The zero-order valence-corrected chi connectivity index (χ0v) is 10.9. The number of hydrogen-bond donors (Lipinski definition) is 1. The van der Waals surface area contributed by atoms with Crippen molar-refractivity contribution in [3.63, 3.8) is 0 Å². The number of amides is 1. The fourth-order valence-corrected chi connectivity index (χ4v) is 3.19. The number of hydrogen-bond acceptors (Lipinski definition) is 3. The van der Waals surface area contributed by atoms with E-state index in [0.717, 1.165) is 32.4 Å². The lowest BCUT2D eigenvalue weighted by Gasteiger charge is -2.48. The zero-order valence-electron chi connectivity index (χ0n) is 10.9. The van der Waals surface area contributed by atoms with Crippen LogP contribution in [0.3, 0.4) is 0 Å². The molecule has 1 heterocycles. The molecule has 0 radical (unpaired) electrons. The highest BCUT2D eigenvalue weighted by atomic mass is 16.5. The van der Waals surface area contributed by atoms with E-state index in [2.05, 4.69) is 13.8 Å². The van der Waals surface area contributed by atoms with Crippen molar-refractivity contribution in [2.45, 2.75) is 39.2 Å². The molecule has 98 valence electrons. The lowest BCUT2D eigenvalue weighted by Crippen LogP contribution is -2.57. The van der Waals surface area contributed by atoms with Crippen molar-refractivity contribution in [1.82, 2.24) is 4.90 Å². The fraction of sp³-hybridized carbons (Fsp3) is 0.923. The average molecular weight is 240 g/mol. The second-order valence-electron chi connectivity index (χ2n) is 5.65. The smallest absolute Gasteiger partial charge is 0.230 e. The molecule has 1 unspecified atom stereocenters. The van der Waals surface area contributed by atoms with E-state index in [1.54, 1.807) is 0 Å². The number of rotatable bonds is 3. The summed E-state index contributed by atoms with van der Waals surface area (Å²) in [6, 6.07) is 0. The molecule has 0 aromatic carbocycles. The molecule has 2 aliphatic rings. The summed E-state index contributed by atoms with van der Waals surface area (Å²) >= 11 is 0. The second kappa shape index (κ2) is 4.94. The van der Waals surface area contributed by atoms with Crippen LogP contribution >= 0.6 is 0 Å². The first-order valence-electron chi connectivity index (χ1n) is 6.72. The van der Waals surface area contributed by atoms with Gasteiger partial charge in [0.25, 0.3) is 0 Å². The Hall–Kier alpha value is -0.610. The van der Waals surface area contributed by atoms with E-state index in [0.29, 0.717) is 19.1 Å². The Labute approximate surface area is 103 Å². The van der Waals surface area contributed by atoms with E-state index in [1.165, 1.54) is 0 Å². The maximum Gasteiger partial charge on any atom is 0.230 e. The highest BCUT2D eigenvalue weighted by molar-refractivity contribution is 5.84. The van der Waals surface area contributed by atoms with Crippen LogP contribution < -0.4 is 5.73 Å². The number of nitrogens with two attached hydrogens (primary N) is 1. The summed E-state index contributed by atoms with van der Waals surface area (Å²) < 4.78 is 5.60. The molecule has 4 heteroatoms. The van der Waals surface area contributed by atoms with Gasteiger partial charge in [0.05, 0.1) is 18.1 Å². The normalized spacial score (nSPS) is 37.7. The molecule has 1 saturated heterocycles. The summed E-state index contributed by atoms with van der Waals surface area (Å²) in [4.78, 5) is 14.5. The molecule has 4 nitrogen and oxygen atoms in total. The van der Waals surface area contributed by atoms with Crippen LogP contribution in [0.2, 0.25) is 0 Å². The van der Waals surface area contributed by atoms with E-state index in [1.807, 2.05) is 4.90 Å². The first-order chi connectivity index (χ1) is 8.11. The Morgan fingerprint density at radius 1 is 1.53 bits per heavy atom. The van der Waals surface area contributed by atoms with Crippen molar-refractivity contribution < 1.29 is 9.53 Å². The van der Waals surface area contributed by atoms with Crippen molar-refractivity contribution in [3.05, 3.63) is 0 Å². The Morgan fingerprint density at radius 2 is 2.24 bits per heavy atom. The minimum atomic E-state index is -0.255. The van der Waals surface area contributed by atoms with Gasteiger partial charge in [0, 0.05) is 19.6 Å². The molecular weight excluding hydrogens is 216 g/mol. The third-order valence-electron chi connectivity index (χ3n) is 4.20. The molecule has 1 amide bonds. The minimum Gasteiger partial charge on any atom is -0.375 e. The number of nitrogens with zero attached hydrogens (tertiary/aromatic N) is 1. The van der Waals surface area contributed by atoms with Gasteiger partial charge in [0.15, 0.2) is 0 Å². The molecule has 17 heavy (non-hydrogen) atoms. The summed E-state index contributed by atoms with van der Waals surface area (Å²) in [5.41, 5.74) is 5.57. The van der Waals surface area contributed by atoms with Crippen molar-refractivity contribution in [2.24, 2.45) is 17.1 Å². The van der Waals surface area contributed by atoms with Crippen LogP contribution in [0.4, 0.5) is 0 Å². The van der Waals surface area contributed by atoms with E-state index < -0.39 is 0 Å². The SMILES string of the molecule is CCC1CN(C(=O)C2(CN)CC(C)C2)CCO1. The van der Waals surface area contributed by atoms with Gasteiger partial charge >= 0.3 is 0 Å². The van der Waals surface area contributed by atoms with Crippen LogP contribution in [0.1, 0.15) is 33.1 Å². The van der Waals surface area contributed by atoms with Crippen LogP contribution in [-0.2, 0) is 9.53 Å². The standard InChI is InChI=1S/C13H24N2O2/c1-3-11-8-15(4-5-17-11)12(16)13(9-14)6-10(2)7-13/h10-11H,3-9,14H2,1-2H3. The van der Waals surface area contributed by atoms with Gasteiger partial charge in [0.2, 0.25) is 5.91 Å². The van der Waals surface area contributed by atoms with Crippen LogP contribution in [-0.4, -0.2) is 43.2 Å². The van der Waals surface area contributed by atoms with Crippen molar-refractivity contribution in [1.29, 1.82) is 0 Å². The lowest BCUT2D eigenvalue weighted by atomic mass is 9.61. The van der Waals surface area contributed by atoms with Crippen LogP contribution in [0.25, 0.3) is 0 Å². The van der Waals surface area contributed by atoms with E-state index in [4.69, 9.17) is 10.5 Å². The predicted octanol–water partition coefficient (Wildman–Crippen LogP) is 0.999. The second-order valence-corrected chi connectivity index (χ2v) is 5.65. The van der Waals surface area contributed by atoms with Gasteiger partial charge < -0.3 is 15.4 Å². The predicted molar refractivity (Wildman–Crippen MR) is 66.5 cm³/mol. The Morgan fingerprint density at radius 3 is 2.76 bits per heavy atom. The first-order valence-corrected chi connectivity index (χ1v) is 6.72. The van der Waals surface area contributed by atoms with E-state index >= 15 is 0 Å². The van der Waals surface area contributed by atoms with Gasteiger partial charge in [-0.05, 0) is 25.2 Å². The topological polar surface area (TPSA) is 55.6 Å². The fourth-order valence-electron chi connectivity index (χ4n) is 3.19. The maximum atomic E-state index is 12.5. The summed E-state index contributed by atoms with van der Waals surface area (Å²) in [6.45, 7) is 6.92. The van der Waals surface area contributed by atoms with Crippen molar-refractivity contribution in [3.8, 4) is 0 Å². The van der Waals surface area contributed by atoms with Gasteiger partial charge in [-0.2, -0.15) is 0 Å². The molecule has 2 fully saturated rings.